The Balaban J connectivity index is 3.13. The highest BCUT2D eigenvalue weighted by Gasteiger charge is 2.17. The number of nitrogens with one attached hydrogen (secondary N) is 2. The molecule has 0 aromatic heterocycles. The summed E-state index contributed by atoms with van der Waals surface area (Å²) in [5, 5.41) is 45.3. The molecule has 0 aliphatic rings. The highest BCUT2D eigenvalue weighted by molar-refractivity contribution is 5.42. The van der Waals surface area contributed by atoms with E-state index >= 15 is 0 Å². The lowest BCUT2D eigenvalue weighted by molar-refractivity contribution is 0.186. The van der Waals surface area contributed by atoms with Crippen LogP contribution in [0.25, 0.3) is 0 Å². The van der Waals surface area contributed by atoms with Crippen LogP contribution in [0.5, 0.6) is 0 Å². The van der Waals surface area contributed by atoms with Crippen molar-refractivity contribution in [2.45, 2.75) is 78.0 Å². The summed E-state index contributed by atoms with van der Waals surface area (Å²) >= 11 is 0. The van der Waals surface area contributed by atoms with Crippen LogP contribution in [0.2, 0.25) is 0 Å². The first-order valence-electron chi connectivity index (χ1n) is 9.46. The Morgan fingerprint density at radius 2 is 1.00 bits per heavy atom. The molecule has 0 fully saturated rings. The Morgan fingerprint density at radius 3 is 1.27 bits per heavy atom. The summed E-state index contributed by atoms with van der Waals surface area (Å²) in [7, 11) is 0. The Kier molecular flexibility index (Phi) is 10.3. The standard InChI is InChI=1S/C20H36N2O4/c1-13(23)7-19-17(11-21-9-15(3)25)5-6-18(12-22-10-16(4)26)20(19)8-14(2)24/h5-6,13-16,21-26H,7-12H2,1-4H3. The molecular formula is C20H36N2O4. The van der Waals surface area contributed by atoms with Crippen LogP contribution in [0.3, 0.4) is 0 Å². The van der Waals surface area contributed by atoms with Gasteiger partial charge in [0, 0.05) is 26.2 Å². The van der Waals surface area contributed by atoms with E-state index in [0.29, 0.717) is 39.0 Å². The van der Waals surface area contributed by atoms with E-state index in [-0.39, 0.29) is 0 Å². The minimum absolute atomic E-state index is 0.420. The Morgan fingerprint density at radius 1 is 0.654 bits per heavy atom. The van der Waals surface area contributed by atoms with Crippen molar-refractivity contribution in [2.75, 3.05) is 13.1 Å². The van der Waals surface area contributed by atoms with Gasteiger partial charge in [0.15, 0.2) is 0 Å². The van der Waals surface area contributed by atoms with Crippen molar-refractivity contribution in [1.29, 1.82) is 0 Å². The lowest BCUT2D eigenvalue weighted by Gasteiger charge is -2.22. The fraction of sp³-hybridized carbons (Fsp3) is 0.700. The van der Waals surface area contributed by atoms with Crippen LogP contribution in [0.1, 0.15) is 49.9 Å². The number of hydrogen-bond acceptors (Lipinski definition) is 6. The van der Waals surface area contributed by atoms with Gasteiger partial charge in [-0.15, -0.1) is 0 Å². The number of benzene rings is 1. The zero-order chi connectivity index (χ0) is 19.7. The fourth-order valence-electron chi connectivity index (χ4n) is 3.05. The molecule has 0 saturated carbocycles. The molecule has 1 rings (SSSR count). The van der Waals surface area contributed by atoms with E-state index in [0.717, 1.165) is 22.3 Å². The van der Waals surface area contributed by atoms with Crippen molar-refractivity contribution >= 4 is 0 Å². The second-order valence-corrected chi connectivity index (χ2v) is 7.41. The molecule has 0 bridgehead atoms. The average molecular weight is 369 g/mol. The third-order valence-electron chi connectivity index (χ3n) is 4.13. The first kappa shape index (κ1) is 23.0. The minimum atomic E-state index is -0.487. The van der Waals surface area contributed by atoms with Gasteiger partial charge in [0.25, 0.3) is 0 Å². The normalized spacial score (nSPS) is 16.3. The van der Waals surface area contributed by atoms with Crippen LogP contribution < -0.4 is 10.6 Å². The van der Waals surface area contributed by atoms with E-state index in [1.165, 1.54) is 0 Å². The molecule has 0 amide bonds. The maximum atomic E-state index is 9.97. The molecule has 0 heterocycles. The van der Waals surface area contributed by atoms with E-state index in [4.69, 9.17) is 0 Å². The predicted octanol–water partition coefficient (Wildman–Crippen LogP) is 0.474. The summed E-state index contributed by atoms with van der Waals surface area (Å²) in [5.41, 5.74) is 4.24. The van der Waals surface area contributed by atoms with E-state index in [2.05, 4.69) is 10.6 Å². The van der Waals surface area contributed by atoms with Crippen molar-refractivity contribution in [3.63, 3.8) is 0 Å². The Bertz CT molecular complexity index is 484. The van der Waals surface area contributed by atoms with E-state index < -0.39 is 24.4 Å². The van der Waals surface area contributed by atoms with E-state index in [1.54, 1.807) is 27.7 Å². The van der Waals surface area contributed by atoms with Gasteiger partial charge in [-0.3, -0.25) is 0 Å². The predicted molar refractivity (Wildman–Crippen MR) is 104 cm³/mol. The van der Waals surface area contributed by atoms with Gasteiger partial charge >= 0.3 is 0 Å². The molecule has 0 saturated heterocycles. The van der Waals surface area contributed by atoms with Crippen molar-refractivity contribution in [2.24, 2.45) is 0 Å². The fourth-order valence-corrected chi connectivity index (χ4v) is 3.05. The second-order valence-electron chi connectivity index (χ2n) is 7.41. The molecule has 150 valence electrons. The molecule has 1 aromatic rings. The van der Waals surface area contributed by atoms with Crippen LogP contribution in [0, 0.1) is 0 Å². The molecule has 4 unspecified atom stereocenters. The van der Waals surface area contributed by atoms with Crippen LogP contribution in [0.4, 0.5) is 0 Å². The third-order valence-corrected chi connectivity index (χ3v) is 4.13. The quantitative estimate of drug-likeness (QED) is 0.321. The van der Waals surface area contributed by atoms with Gasteiger partial charge in [-0.1, -0.05) is 12.1 Å². The van der Waals surface area contributed by atoms with Crippen molar-refractivity contribution in [3.8, 4) is 0 Å². The molecular weight excluding hydrogens is 332 g/mol. The van der Waals surface area contributed by atoms with Crippen LogP contribution in [0.15, 0.2) is 12.1 Å². The summed E-state index contributed by atoms with van der Waals surface area (Å²) in [6, 6.07) is 4.08. The lowest BCUT2D eigenvalue weighted by Crippen LogP contribution is -2.27. The number of aliphatic hydroxyl groups excluding tert-OH is 4. The maximum absolute atomic E-state index is 9.97. The molecule has 0 spiro atoms. The third kappa shape index (κ3) is 8.58. The molecule has 1 aromatic carbocycles. The molecule has 0 aliphatic carbocycles. The molecule has 6 heteroatoms. The van der Waals surface area contributed by atoms with E-state index in [1.807, 2.05) is 12.1 Å². The van der Waals surface area contributed by atoms with Crippen LogP contribution >= 0.6 is 0 Å². The van der Waals surface area contributed by atoms with Crippen molar-refractivity contribution in [3.05, 3.63) is 34.4 Å². The van der Waals surface area contributed by atoms with Gasteiger partial charge in [-0.05, 0) is 62.8 Å². The minimum Gasteiger partial charge on any atom is -0.393 e. The molecule has 0 radical (unpaired) electrons. The molecule has 6 N–H and O–H groups in total. The molecule has 26 heavy (non-hydrogen) atoms. The first-order valence-corrected chi connectivity index (χ1v) is 9.46. The molecule has 0 aliphatic heterocycles. The number of rotatable bonds is 12. The summed E-state index contributed by atoms with van der Waals surface area (Å²) < 4.78 is 0. The second kappa shape index (κ2) is 11.6. The van der Waals surface area contributed by atoms with Gasteiger partial charge in [0.1, 0.15) is 0 Å². The Hall–Kier alpha value is -1.02. The van der Waals surface area contributed by atoms with Gasteiger partial charge in [0.05, 0.1) is 24.4 Å². The summed E-state index contributed by atoms with van der Waals surface area (Å²) in [4.78, 5) is 0. The van der Waals surface area contributed by atoms with Gasteiger partial charge in [-0.25, -0.2) is 0 Å². The summed E-state index contributed by atoms with van der Waals surface area (Å²) in [5.74, 6) is 0. The highest BCUT2D eigenvalue weighted by atomic mass is 16.3. The SMILES string of the molecule is CC(O)CNCc1ccc(CNCC(C)O)c(CC(C)O)c1CC(C)O. The van der Waals surface area contributed by atoms with E-state index in [9.17, 15) is 20.4 Å². The number of hydrogen-bond donors (Lipinski definition) is 6. The van der Waals surface area contributed by atoms with Crippen LogP contribution in [-0.2, 0) is 25.9 Å². The van der Waals surface area contributed by atoms with Crippen molar-refractivity contribution < 1.29 is 20.4 Å². The maximum Gasteiger partial charge on any atom is 0.0636 e. The smallest absolute Gasteiger partial charge is 0.0636 e. The summed E-state index contributed by atoms with van der Waals surface area (Å²) in [6.45, 7) is 9.19. The first-order chi connectivity index (χ1) is 12.2. The van der Waals surface area contributed by atoms with Gasteiger partial charge < -0.3 is 31.1 Å². The number of aliphatic hydroxyl groups is 4. The highest BCUT2D eigenvalue weighted by Crippen LogP contribution is 2.24. The molecule has 6 nitrogen and oxygen atoms in total. The molecule has 4 atom stereocenters. The zero-order valence-electron chi connectivity index (χ0n) is 16.5. The Labute approximate surface area is 157 Å². The van der Waals surface area contributed by atoms with Crippen molar-refractivity contribution in [1.82, 2.24) is 10.6 Å². The topological polar surface area (TPSA) is 105 Å². The van der Waals surface area contributed by atoms with Gasteiger partial charge in [0.2, 0.25) is 0 Å². The largest absolute Gasteiger partial charge is 0.393 e. The zero-order valence-corrected chi connectivity index (χ0v) is 16.5. The monoisotopic (exact) mass is 368 g/mol. The lowest BCUT2D eigenvalue weighted by atomic mass is 9.89. The summed E-state index contributed by atoms with van der Waals surface area (Å²) in [6.07, 6.45) is -0.791. The van der Waals surface area contributed by atoms with Crippen LogP contribution in [-0.4, -0.2) is 57.9 Å². The average Bonchev–Trinajstić information content (AvgIpc) is 2.50. The van der Waals surface area contributed by atoms with Gasteiger partial charge in [-0.2, -0.15) is 0 Å².